The maximum Gasteiger partial charge on any atom is 0.147 e. The van der Waals surface area contributed by atoms with E-state index in [1.54, 1.807) is 0 Å². The standard InChI is InChI=1S/C32H27IO2P2/c33-28-22-26(24-36(34,29-13-5-1-6-14-29)30-15-7-2-8-16-30)21-27(23-28)25-37(35,31-17-9-3-10-18-31)32-19-11-4-12-20-32/h1-23H,24-25H2. The van der Waals surface area contributed by atoms with Crippen LogP contribution in [0.2, 0.25) is 0 Å². The van der Waals surface area contributed by atoms with Gasteiger partial charge in [0.05, 0.1) is 0 Å². The first-order valence-corrected chi connectivity index (χ1v) is 17.0. The molecule has 0 aliphatic rings. The molecular formula is C32H27IO2P2. The van der Waals surface area contributed by atoms with Gasteiger partial charge in [-0.3, -0.25) is 0 Å². The van der Waals surface area contributed by atoms with E-state index in [1.807, 2.05) is 121 Å². The Labute approximate surface area is 232 Å². The predicted molar refractivity (Wildman–Crippen MR) is 166 cm³/mol. The summed E-state index contributed by atoms with van der Waals surface area (Å²) in [6.07, 6.45) is 0.817. The molecule has 0 bridgehead atoms. The van der Waals surface area contributed by atoms with E-state index in [-0.39, 0.29) is 0 Å². The largest absolute Gasteiger partial charge is 0.313 e. The molecule has 0 radical (unpaired) electrons. The van der Waals surface area contributed by atoms with E-state index in [0.29, 0.717) is 12.3 Å². The van der Waals surface area contributed by atoms with Crippen LogP contribution < -0.4 is 21.2 Å². The fourth-order valence-corrected chi connectivity index (χ4v) is 10.9. The molecule has 0 saturated carbocycles. The van der Waals surface area contributed by atoms with Gasteiger partial charge in [-0.05, 0) is 45.9 Å². The van der Waals surface area contributed by atoms with E-state index in [0.717, 1.165) is 35.9 Å². The van der Waals surface area contributed by atoms with E-state index in [9.17, 15) is 9.13 Å². The maximum atomic E-state index is 14.7. The predicted octanol–water partition coefficient (Wildman–Crippen LogP) is 7.32. The van der Waals surface area contributed by atoms with Gasteiger partial charge < -0.3 is 9.13 Å². The highest BCUT2D eigenvalue weighted by Gasteiger charge is 2.30. The summed E-state index contributed by atoms with van der Waals surface area (Å²) in [7, 11) is -5.85. The molecule has 2 nitrogen and oxygen atoms in total. The third-order valence-corrected chi connectivity index (χ3v) is 13.3. The van der Waals surface area contributed by atoms with Crippen LogP contribution in [-0.2, 0) is 21.5 Å². The van der Waals surface area contributed by atoms with E-state index < -0.39 is 14.3 Å². The molecule has 184 valence electrons. The minimum absolute atomic E-state index is 0.409. The van der Waals surface area contributed by atoms with Crippen molar-refractivity contribution in [3.05, 3.63) is 154 Å². The summed E-state index contributed by atoms with van der Waals surface area (Å²) in [5, 5.41) is 3.39. The monoisotopic (exact) mass is 632 g/mol. The van der Waals surface area contributed by atoms with Crippen LogP contribution in [0.1, 0.15) is 11.1 Å². The summed E-state index contributed by atoms with van der Waals surface area (Å²) in [6, 6.07) is 45.3. The van der Waals surface area contributed by atoms with Crippen molar-refractivity contribution < 1.29 is 9.13 Å². The van der Waals surface area contributed by atoms with Crippen molar-refractivity contribution in [2.24, 2.45) is 0 Å². The summed E-state index contributed by atoms with van der Waals surface area (Å²) in [5.74, 6) is 0. The molecule has 0 aliphatic heterocycles. The summed E-state index contributed by atoms with van der Waals surface area (Å²) in [5.41, 5.74) is 1.98. The molecule has 0 unspecified atom stereocenters. The van der Waals surface area contributed by atoms with Crippen molar-refractivity contribution >= 4 is 58.1 Å². The van der Waals surface area contributed by atoms with Gasteiger partial charge >= 0.3 is 0 Å². The molecule has 5 aromatic carbocycles. The van der Waals surface area contributed by atoms with Gasteiger partial charge in [-0.25, -0.2) is 0 Å². The van der Waals surface area contributed by atoms with Gasteiger partial charge in [0.15, 0.2) is 0 Å². The average molecular weight is 632 g/mol. The molecule has 37 heavy (non-hydrogen) atoms. The summed E-state index contributed by atoms with van der Waals surface area (Å²) >= 11 is 2.31. The Morgan fingerprint density at radius 1 is 0.432 bits per heavy atom. The molecule has 0 saturated heterocycles. The van der Waals surface area contributed by atoms with Gasteiger partial charge in [0.25, 0.3) is 0 Å². The van der Waals surface area contributed by atoms with Crippen LogP contribution >= 0.6 is 36.9 Å². The Bertz CT molecular complexity index is 1370. The van der Waals surface area contributed by atoms with Crippen molar-refractivity contribution in [3.63, 3.8) is 0 Å². The Kier molecular flexibility index (Phi) is 7.95. The topological polar surface area (TPSA) is 34.1 Å². The minimum Gasteiger partial charge on any atom is -0.313 e. The molecule has 0 fully saturated rings. The van der Waals surface area contributed by atoms with Gasteiger partial charge in [0, 0.05) is 37.1 Å². The van der Waals surface area contributed by atoms with Gasteiger partial charge in [-0.2, -0.15) is 0 Å². The van der Waals surface area contributed by atoms with Gasteiger partial charge in [-0.15, -0.1) is 0 Å². The Morgan fingerprint density at radius 2 is 0.703 bits per heavy atom. The first-order valence-electron chi connectivity index (χ1n) is 12.2. The second-order valence-corrected chi connectivity index (χ2v) is 16.0. The molecule has 0 spiro atoms. The summed E-state index contributed by atoms with van der Waals surface area (Å²) < 4.78 is 30.4. The highest BCUT2D eigenvalue weighted by Crippen LogP contribution is 2.49. The molecule has 0 aromatic heterocycles. The van der Waals surface area contributed by atoms with E-state index in [2.05, 4.69) is 40.8 Å². The average Bonchev–Trinajstić information content (AvgIpc) is 2.94. The number of benzene rings is 5. The lowest BCUT2D eigenvalue weighted by atomic mass is 10.2. The molecule has 0 amide bonds. The third-order valence-electron chi connectivity index (χ3n) is 6.52. The highest BCUT2D eigenvalue weighted by atomic mass is 127. The van der Waals surface area contributed by atoms with Crippen LogP contribution in [0.5, 0.6) is 0 Å². The zero-order chi connectivity index (χ0) is 25.7. The molecule has 0 aliphatic carbocycles. The van der Waals surface area contributed by atoms with Crippen LogP contribution in [0.15, 0.2) is 140 Å². The van der Waals surface area contributed by atoms with Crippen molar-refractivity contribution in [1.29, 1.82) is 0 Å². The second kappa shape index (κ2) is 11.4. The third kappa shape index (κ3) is 5.75. The van der Waals surface area contributed by atoms with Crippen molar-refractivity contribution in [2.75, 3.05) is 0 Å². The maximum absolute atomic E-state index is 14.7. The summed E-state index contributed by atoms with van der Waals surface area (Å²) in [4.78, 5) is 0. The van der Waals surface area contributed by atoms with Crippen molar-refractivity contribution in [3.8, 4) is 0 Å². The molecule has 0 heterocycles. The van der Waals surface area contributed by atoms with E-state index in [1.165, 1.54) is 0 Å². The number of rotatable bonds is 8. The van der Waals surface area contributed by atoms with Gasteiger partial charge in [0.1, 0.15) is 14.3 Å². The normalized spacial score (nSPS) is 11.8. The molecule has 5 heteroatoms. The molecule has 0 atom stereocenters. The zero-order valence-electron chi connectivity index (χ0n) is 20.3. The van der Waals surface area contributed by atoms with E-state index >= 15 is 0 Å². The lowest BCUT2D eigenvalue weighted by Crippen LogP contribution is -2.18. The molecular weight excluding hydrogens is 605 g/mol. The highest BCUT2D eigenvalue weighted by molar-refractivity contribution is 14.1. The van der Waals surface area contributed by atoms with Crippen molar-refractivity contribution in [2.45, 2.75) is 12.3 Å². The van der Waals surface area contributed by atoms with Gasteiger partial charge in [-0.1, -0.05) is 127 Å². The quantitative estimate of drug-likeness (QED) is 0.133. The Hall–Kier alpha value is -2.71. The van der Waals surface area contributed by atoms with Gasteiger partial charge in [0.2, 0.25) is 0 Å². The molecule has 0 N–H and O–H groups in total. The fraction of sp³-hybridized carbons (Fsp3) is 0.0625. The number of halogens is 1. The number of hydrogen-bond donors (Lipinski definition) is 0. The van der Waals surface area contributed by atoms with Crippen LogP contribution in [0.4, 0.5) is 0 Å². The second-order valence-electron chi connectivity index (χ2n) is 9.11. The first kappa shape index (κ1) is 25.9. The van der Waals surface area contributed by atoms with Crippen LogP contribution in [-0.4, -0.2) is 0 Å². The smallest absolute Gasteiger partial charge is 0.147 e. The van der Waals surface area contributed by atoms with Crippen LogP contribution in [0.3, 0.4) is 0 Å². The van der Waals surface area contributed by atoms with E-state index in [4.69, 9.17) is 0 Å². The molecule has 5 rings (SSSR count). The SMILES string of the molecule is O=P(Cc1cc(I)cc(CP(=O)(c2ccccc2)c2ccccc2)c1)(c1ccccc1)c1ccccc1. The minimum atomic E-state index is -2.93. The lowest BCUT2D eigenvalue weighted by molar-refractivity contribution is 0.586. The first-order chi connectivity index (χ1) is 18.0. The molecule has 5 aromatic rings. The number of hydrogen-bond acceptors (Lipinski definition) is 2. The summed E-state index contributed by atoms with van der Waals surface area (Å²) in [6.45, 7) is 0. The lowest BCUT2D eigenvalue weighted by Gasteiger charge is -2.22. The van der Waals surface area contributed by atoms with Crippen LogP contribution in [0, 0.1) is 3.57 Å². The van der Waals surface area contributed by atoms with Crippen molar-refractivity contribution in [1.82, 2.24) is 0 Å². The Morgan fingerprint density at radius 3 is 0.973 bits per heavy atom. The zero-order valence-corrected chi connectivity index (χ0v) is 24.2. The fourth-order valence-electron chi connectivity index (χ4n) is 4.75. The van der Waals surface area contributed by atoms with Crippen LogP contribution in [0.25, 0.3) is 0 Å². The Balaban J connectivity index is 1.57.